The van der Waals surface area contributed by atoms with Crippen LogP contribution in [-0.4, -0.2) is 50.9 Å². The molecule has 1 atom stereocenters. The zero-order valence-electron chi connectivity index (χ0n) is 26.0. The molecule has 248 valence electrons. The summed E-state index contributed by atoms with van der Waals surface area (Å²) in [7, 11) is -4.35. The fraction of sp³-hybridized carbons (Fsp3) is 0.257. The smallest absolute Gasteiger partial charge is 0.264 e. The van der Waals surface area contributed by atoms with Gasteiger partial charge in [-0.15, -0.1) is 0 Å². The molecule has 4 aromatic rings. The van der Waals surface area contributed by atoms with Crippen LogP contribution < -0.4 is 14.4 Å². The Morgan fingerprint density at radius 3 is 2.11 bits per heavy atom. The molecule has 1 N–H and O–H groups in total. The summed E-state index contributed by atoms with van der Waals surface area (Å²) in [4.78, 5) is 29.7. The van der Waals surface area contributed by atoms with Crippen molar-refractivity contribution in [3.8, 4) is 5.75 Å². The molecule has 4 aromatic carbocycles. The van der Waals surface area contributed by atoms with Crippen molar-refractivity contribution in [1.29, 1.82) is 0 Å². The van der Waals surface area contributed by atoms with Gasteiger partial charge in [-0.3, -0.25) is 13.9 Å². The molecule has 0 aliphatic rings. The topological polar surface area (TPSA) is 96.0 Å². The molecule has 0 saturated heterocycles. The molecule has 47 heavy (non-hydrogen) atoms. The van der Waals surface area contributed by atoms with Crippen molar-refractivity contribution in [2.75, 3.05) is 24.0 Å². The number of nitrogens with zero attached hydrogens (tertiary/aromatic N) is 2. The van der Waals surface area contributed by atoms with E-state index in [9.17, 15) is 18.0 Å². The number of nitrogens with one attached hydrogen (secondary N) is 1. The number of para-hydroxylation sites is 2. The first-order valence-corrected chi connectivity index (χ1v) is 17.7. The minimum absolute atomic E-state index is 0.0803. The van der Waals surface area contributed by atoms with E-state index >= 15 is 0 Å². The molecule has 4 rings (SSSR count). The lowest BCUT2D eigenvalue weighted by Gasteiger charge is -2.34. The standard InChI is InChI=1S/C35H36Cl3N3O5S/c1-3-21-39-35(43)32(22-25-11-6-5-7-12-25)40(23-28-29(37)13-10-14-30(28)38)34(42)24-41(31-15-8-9-16-33(31)46-4-2)47(44,45)27-19-17-26(36)18-20-27/h5-20,32H,3-4,21-24H2,1-2H3,(H,39,43). The minimum atomic E-state index is -4.35. The van der Waals surface area contributed by atoms with E-state index in [4.69, 9.17) is 39.5 Å². The van der Waals surface area contributed by atoms with E-state index in [2.05, 4.69) is 5.32 Å². The van der Waals surface area contributed by atoms with Crippen LogP contribution in [-0.2, 0) is 32.6 Å². The minimum Gasteiger partial charge on any atom is -0.492 e. The summed E-state index contributed by atoms with van der Waals surface area (Å²) in [5, 5.41) is 3.87. The van der Waals surface area contributed by atoms with Crippen molar-refractivity contribution in [2.24, 2.45) is 0 Å². The van der Waals surface area contributed by atoms with Crippen LogP contribution in [0.25, 0.3) is 0 Å². The molecular weight excluding hydrogens is 681 g/mol. The predicted molar refractivity (Wildman–Crippen MR) is 188 cm³/mol. The van der Waals surface area contributed by atoms with Gasteiger partial charge in [0.15, 0.2) is 0 Å². The molecule has 0 aromatic heterocycles. The average Bonchev–Trinajstić information content (AvgIpc) is 3.06. The van der Waals surface area contributed by atoms with Gasteiger partial charge in [0.25, 0.3) is 10.0 Å². The van der Waals surface area contributed by atoms with Crippen molar-refractivity contribution in [2.45, 2.75) is 44.2 Å². The highest BCUT2D eigenvalue weighted by molar-refractivity contribution is 7.92. The number of ether oxygens (including phenoxy) is 1. The monoisotopic (exact) mass is 715 g/mol. The number of amides is 2. The van der Waals surface area contributed by atoms with Crippen LogP contribution in [0.15, 0.2) is 102 Å². The molecule has 0 heterocycles. The number of anilines is 1. The molecule has 0 radical (unpaired) electrons. The summed E-state index contributed by atoms with van der Waals surface area (Å²) in [6.45, 7) is 3.53. The van der Waals surface area contributed by atoms with Crippen molar-refractivity contribution in [3.63, 3.8) is 0 Å². The normalized spacial score (nSPS) is 11.9. The maximum atomic E-state index is 14.7. The third-order valence-corrected chi connectivity index (χ3v) is 10.1. The molecule has 8 nitrogen and oxygen atoms in total. The Morgan fingerprint density at radius 2 is 1.47 bits per heavy atom. The lowest BCUT2D eigenvalue weighted by Crippen LogP contribution is -2.53. The molecule has 1 unspecified atom stereocenters. The van der Waals surface area contributed by atoms with E-state index in [0.29, 0.717) is 33.6 Å². The van der Waals surface area contributed by atoms with E-state index in [-0.39, 0.29) is 35.9 Å². The van der Waals surface area contributed by atoms with Crippen molar-refractivity contribution >= 4 is 62.3 Å². The van der Waals surface area contributed by atoms with E-state index in [1.54, 1.807) is 49.4 Å². The average molecular weight is 717 g/mol. The molecular formula is C35H36Cl3N3O5S. The van der Waals surface area contributed by atoms with Gasteiger partial charge in [-0.1, -0.05) is 90.3 Å². The van der Waals surface area contributed by atoms with E-state index < -0.39 is 34.4 Å². The number of hydrogen-bond donors (Lipinski definition) is 1. The zero-order chi connectivity index (χ0) is 34.0. The Bertz CT molecular complexity index is 1750. The van der Waals surface area contributed by atoms with Gasteiger partial charge in [-0.2, -0.15) is 0 Å². The Balaban J connectivity index is 1.86. The second-order valence-corrected chi connectivity index (χ2v) is 13.7. The van der Waals surface area contributed by atoms with Gasteiger partial charge in [0.05, 0.1) is 17.2 Å². The number of rotatable bonds is 15. The quantitative estimate of drug-likeness (QED) is 0.138. The van der Waals surface area contributed by atoms with Crippen LogP contribution in [0, 0.1) is 0 Å². The summed E-state index contributed by atoms with van der Waals surface area (Å²) in [6, 6.07) is 25.4. The van der Waals surface area contributed by atoms with E-state index in [1.807, 2.05) is 37.3 Å². The first kappa shape index (κ1) is 36.1. The fourth-order valence-corrected chi connectivity index (χ4v) is 7.03. The van der Waals surface area contributed by atoms with Gasteiger partial charge in [0.2, 0.25) is 11.8 Å². The van der Waals surface area contributed by atoms with Crippen molar-refractivity contribution in [3.05, 3.63) is 123 Å². The Labute approximate surface area is 291 Å². The van der Waals surface area contributed by atoms with Crippen LogP contribution in [0.2, 0.25) is 15.1 Å². The molecule has 12 heteroatoms. The summed E-state index contributed by atoms with van der Waals surface area (Å²) in [6.07, 6.45) is 0.832. The number of benzene rings is 4. The summed E-state index contributed by atoms with van der Waals surface area (Å²) in [5.74, 6) is -0.783. The maximum Gasteiger partial charge on any atom is 0.264 e. The van der Waals surface area contributed by atoms with Crippen molar-refractivity contribution < 1.29 is 22.7 Å². The van der Waals surface area contributed by atoms with Crippen molar-refractivity contribution in [1.82, 2.24) is 10.2 Å². The summed E-state index contributed by atoms with van der Waals surface area (Å²) >= 11 is 19.2. The first-order chi connectivity index (χ1) is 22.6. The van der Waals surface area contributed by atoms with E-state index in [1.165, 1.54) is 29.2 Å². The highest BCUT2D eigenvalue weighted by Gasteiger charge is 2.36. The fourth-order valence-electron chi connectivity index (χ4n) is 4.96. The lowest BCUT2D eigenvalue weighted by molar-refractivity contribution is -0.140. The molecule has 0 aliphatic carbocycles. The first-order valence-electron chi connectivity index (χ1n) is 15.1. The molecule has 2 amide bonds. The van der Waals surface area contributed by atoms with Gasteiger partial charge >= 0.3 is 0 Å². The van der Waals surface area contributed by atoms with Gasteiger partial charge in [-0.25, -0.2) is 8.42 Å². The maximum absolute atomic E-state index is 14.7. The summed E-state index contributed by atoms with van der Waals surface area (Å²) < 4.78 is 35.4. The van der Waals surface area contributed by atoms with Gasteiger partial charge < -0.3 is 15.0 Å². The highest BCUT2D eigenvalue weighted by Crippen LogP contribution is 2.34. The number of hydrogen-bond acceptors (Lipinski definition) is 5. The SMILES string of the molecule is CCCNC(=O)C(Cc1ccccc1)N(Cc1c(Cl)cccc1Cl)C(=O)CN(c1ccccc1OCC)S(=O)(=O)c1ccc(Cl)cc1. The van der Waals surface area contributed by atoms with E-state index in [0.717, 1.165) is 9.87 Å². The number of sulfonamides is 1. The predicted octanol–water partition coefficient (Wildman–Crippen LogP) is 7.41. The van der Waals surface area contributed by atoms with Gasteiger partial charge in [-0.05, 0) is 67.4 Å². The van der Waals surface area contributed by atoms with Gasteiger partial charge in [0, 0.05) is 40.1 Å². The molecule has 0 saturated carbocycles. The Morgan fingerprint density at radius 1 is 0.830 bits per heavy atom. The highest BCUT2D eigenvalue weighted by atomic mass is 35.5. The molecule has 0 fully saturated rings. The lowest BCUT2D eigenvalue weighted by atomic mass is 10.0. The van der Waals surface area contributed by atoms with Gasteiger partial charge in [0.1, 0.15) is 18.3 Å². The van der Waals surface area contributed by atoms with Crippen LogP contribution >= 0.6 is 34.8 Å². The van der Waals surface area contributed by atoms with Crippen LogP contribution in [0.1, 0.15) is 31.4 Å². The van der Waals surface area contributed by atoms with Crippen LogP contribution in [0.5, 0.6) is 5.75 Å². The van der Waals surface area contributed by atoms with Crippen LogP contribution in [0.3, 0.4) is 0 Å². The second kappa shape index (κ2) is 16.9. The Hall–Kier alpha value is -3.76. The summed E-state index contributed by atoms with van der Waals surface area (Å²) in [5.41, 5.74) is 1.38. The molecule has 0 spiro atoms. The molecule has 0 bridgehead atoms. The van der Waals surface area contributed by atoms with Crippen LogP contribution in [0.4, 0.5) is 5.69 Å². The third-order valence-electron chi connectivity index (χ3n) is 7.32. The zero-order valence-corrected chi connectivity index (χ0v) is 29.1. The Kier molecular flexibility index (Phi) is 13.0. The third kappa shape index (κ3) is 9.20. The largest absolute Gasteiger partial charge is 0.492 e. The number of carbonyl (C=O) groups is 2. The number of halogens is 3. The number of carbonyl (C=O) groups excluding carboxylic acids is 2. The second-order valence-electron chi connectivity index (χ2n) is 10.6. The molecule has 0 aliphatic heterocycles.